The number of aromatic nitrogens is 2. The van der Waals surface area contributed by atoms with Crippen LogP contribution in [0.1, 0.15) is 38.2 Å². The molecule has 1 heterocycles. The molecule has 0 saturated heterocycles. The molecule has 126 valence electrons. The minimum atomic E-state index is 0.315. The van der Waals surface area contributed by atoms with Crippen LogP contribution < -0.4 is 5.32 Å². The molecule has 0 bridgehead atoms. The number of nitrogens with zero attached hydrogens (tertiary/aromatic N) is 2. The molecule has 0 fully saturated rings. The average molecular weight is 323 g/mol. The largest absolute Gasteiger partial charge is 0.508 e. The van der Waals surface area contributed by atoms with Gasteiger partial charge in [0.05, 0.1) is 11.0 Å². The van der Waals surface area contributed by atoms with Gasteiger partial charge in [0.25, 0.3) is 0 Å². The number of hydrogen-bond acceptors (Lipinski definition) is 3. The number of imidazole rings is 1. The average Bonchev–Trinajstić information content (AvgIpc) is 2.96. The van der Waals surface area contributed by atoms with E-state index >= 15 is 0 Å². The van der Waals surface area contributed by atoms with Crippen molar-refractivity contribution in [3.05, 3.63) is 54.1 Å². The summed E-state index contributed by atoms with van der Waals surface area (Å²) in [6.45, 7) is 3.75. The molecule has 2 aromatic carbocycles. The summed E-state index contributed by atoms with van der Waals surface area (Å²) >= 11 is 0. The number of benzene rings is 2. The van der Waals surface area contributed by atoms with Crippen LogP contribution in [0.2, 0.25) is 0 Å². The third-order valence-corrected chi connectivity index (χ3v) is 4.32. The van der Waals surface area contributed by atoms with Crippen molar-refractivity contribution in [3.63, 3.8) is 0 Å². The van der Waals surface area contributed by atoms with E-state index in [1.807, 2.05) is 30.3 Å². The molecular formula is C20H25N3O. The molecule has 2 N–H and O–H groups in total. The Kier molecular flexibility index (Phi) is 5.36. The first-order valence-corrected chi connectivity index (χ1v) is 8.75. The summed E-state index contributed by atoms with van der Waals surface area (Å²) < 4.78 is 2.25. The third kappa shape index (κ3) is 3.70. The Morgan fingerprint density at radius 1 is 1.00 bits per heavy atom. The molecule has 0 atom stereocenters. The first-order chi connectivity index (χ1) is 11.8. The standard InChI is InChI=1S/C20H25N3O/c1-2-3-4-9-14-23-18-12-7-6-11-17(18)22-20(23)21-15-16-10-5-8-13-19(16)24/h5-8,10-13,24H,2-4,9,14-15H2,1H3,(H,21,22). The first-order valence-electron chi connectivity index (χ1n) is 8.75. The Morgan fingerprint density at radius 2 is 1.79 bits per heavy atom. The van der Waals surface area contributed by atoms with Crippen molar-refractivity contribution in [3.8, 4) is 5.75 Å². The number of unbranched alkanes of at least 4 members (excludes halogenated alkanes) is 3. The Bertz CT molecular complexity index is 794. The van der Waals surface area contributed by atoms with Crippen LogP contribution in [0, 0.1) is 0 Å². The lowest BCUT2D eigenvalue weighted by Crippen LogP contribution is -2.08. The van der Waals surface area contributed by atoms with Crippen molar-refractivity contribution in [2.45, 2.75) is 45.7 Å². The smallest absolute Gasteiger partial charge is 0.204 e. The van der Waals surface area contributed by atoms with Crippen LogP contribution in [0.25, 0.3) is 11.0 Å². The molecule has 0 aliphatic heterocycles. The molecule has 4 heteroatoms. The molecule has 4 nitrogen and oxygen atoms in total. The lowest BCUT2D eigenvalue weighted by molar-refractivity contribution is 0.469. The van der Waals surface area contributed by atoms with Crippen molar-refractivity contribution in [2.75, 3.05) is 5.32 Å². The molecule has 3 rings (SSSR count). The fourth-order valence-electron chi connectivity index (χ4n) is 2.97. The third-order valence-electron chi connectivity index (χ3n) is 4.32. The minimum Gasteiger partial charge on any atom is -0.508 e. The van der Waals surface area contributed by atoms with Gasteiger partial charge in [0.15, 0.2) is 0 Å². The van der Waals surface area contributed by atoms with Gasteiger partial charge in [-0.2, -0.15) is 0 Å². The summed E-state index contributed by atoms with van der Waals surface area (Å²) in [6, 6.07) is 15.6. The number of aryl methyl sites for hydroxylation is 1. The van der Waals surface area contributed by atoms with Gasteiger partial charge in [-0.25, -0.2) is 4.98 Å². The molecule has 0 aliphatic carbocycles. The highest BCUT2D eigenvalue weighted by molar-refractivity contribution is 5.78. The van der Waals surface area contributed by atoms with Gasteiger partial charge in [0.2, 0.25) is 5.95 Å². The van der Waals surface area contributed by atoms with Crippen molar-refractivity contribution in [2.24, 2.45) is 0 Å². The molecule has 0 amide bonds. The van der Waals surface area contributed by atoms with Crippen LogP contribution in [0.15, 0.2) is 48.5 Å². The highest BCUT2D eigenvalue weighted by atomic mass is 16.3. The van der Waals surface area contributed by atoms with Crippen molar-refractivity contribution in [1.29, 1.82) is 0 Å². The molecule has 0 saturated carbocycles. The Hall–Kier alpha value is -2.49. The molecule has 0 unspecified atom stereocenters. The fourth-order valence-corrected chi connectivity index (χ4v) is 2.97. The van der Waals surface area contributed by atoms with Crippen molar-refractivity contribution < 1.29 is 5.11 Å². The topological polar surface area (TPSA) is 50.1 Å². The summed E-state index contributed by atoms with van der Waals surface area (Å²) in [4.78, 5) is 4.73. The van der Waals surface area contributed by atoms with E-state index in [2.05, 4.69) is 28.9 Å². The monoisotopic (exact) mass is 323 g/mol. The second kappa shape index (κ2) is 7.86. The van der Waals surface area contributed by atoms with Crippen molar-refractivity contribution in [1.82, 2.24) is 9.55 Å². The van der Waals surface area contributed by atoms with Crippen LogP contribution in [0.3, 0.4) is 0 Å². The van der Waals surface area contributed by atoms with Gasteiger partial charge in [-0.15, -0.1) is 0 Å². The zero-order valence-corrected chi connectivity index (χ0v) is 14.2. The molecule has 3 aromatic rings. The number of anilines is 1. The van der Waals surface area contributed by atoms with Crippen LogP contribution in [-0.4, -0.2) is 14.7 Å². The summed E-state index contributed by atoms with van der Waals surface area (Å²) in [7, 11) is 0. The molecule has 0 spiro atoms. The van der Waals surface area contributed by atoms with Gasteiger partial charge in [0, 0.05) is 18.7 Å². The lowest BCUT2D eigenvalue weighted by Gasteiger charge is -2.11. The number of para-hydroxylation sites is 3. The quantitative estimate of drug-likeness (QED) is 0.578. The molecule has 24 heavy (non-hydrogen) atoms. The van der Waals surface area contributed by atoms with E-state index in [0.717, 1.165) is 35.5 Å². The molecular weight excluding hydrogens is 298 g/mol. The van der Waals surface area contributed by atoms with Gasteiger partial charge in [-0.05, 0) is 24.6 Å². The first kappa shape index (κ1) is 16.4. The number of phenolic OH excluding ortho intramolecular Hbond substituents is 1. The van der Waals surface area contributed by atoms with Crippen LogP contribution in [-0.2, 0) is 13.1 Å². The summed E-state index contributed by atoms with van der Waals surface area (Å²) in [6.07, 6.45) is 4.90. The molecule has 1 aromatic heterocycles. The van der Waals surface area contributed by atoms with E-state index in [0.29, 0.717) is 12.3 Å². The predicted octanol–water partition coefficient (Wildman–Crippen LogP) is 4.93. The Balaban J connectivity index is 1.79. The summed E-state index contributed by atoms with van der Waals surface area (Å²) in [5, 5.41) is 13.3. The van der Waals surface area contributed by atoms with Gasteiger partial charge < -0.3 is 15.0 Å². The predicted molar refractivity (Wildman–Crippen MR) is 99.3 cm³/mol. The summed E-state index contributed by atoms with van der Waals surface area (Å²) in [5.74, 6) is 1.19. The van der Waals surface area contributed by atoms with Gasteiger partial charge >= 0.3 is 0 Å². The second-order valence-corrected chi connectivity index (χ2v) is 6.12. The van der Waals surface area contributed by atoms with E-state index in [4.69, 9.17) is 4.98 Å². The minimum absolute atomic E-state index is 0.315. The number of aromatic hydroxyl groups is 1. The zero-order valence-electron chi connectivity index (χ0n) is 14.2. The second-order valence-electron chi connectivity index (χ2n) is 6.12. The molecule has 0 radical (unpaired) electrons. The lowest BCUT2D eigenvalue weighted by atomic mass is 10.2. The van der Waals surface area contributed by atoms with E-state index < -0.39 is 0 Å². The van der Waals surface area contributed by atoms with Gasteiger partial charge in [-0.3, -0.25) is 0 Å². The maximum Gasteiger partial charge on any atom is 0.204 e. The Labute approximate surface area is 143 Å². The SMILES string of the molecule is CCCCCCn1c(NCc2ccccc2O)nc2ccccc21. The van der Waals surface area contributed by atoms with Crippen molar-refractivity contribution >= 4 is 17.0 Å². The fraction of sp³-hybridized carbons (Fsp3) is 0.350. The van der Waals surface area contributed by atoms with E-state index in [1.165, 1.54) is 19.3 Å². The number of hydrogen-bond donors (Lipinski definition) is 2. The highest BCUT2D eigenvalue weighted by Gasteiger charge is 2.10. The molecule has 0 aliphatic rings. The normalized spacial score (nSPS) is 11.0. The van der Waals surface area contributed by atoms with Crippen LogP contribution in [0.5, 0.6) is 5.75 Å². The van der Waals surface area contributed by atoms with E-state index in [-0.39, 0.29) is 0 Å². The zero-order chi connectivity index (χ0) is 16.8. The number of phenols is 1. The highest BCUT2D eigenvalue weighted by Crippen LogP contribution is 2.22. The van der Waals surface area contributed by atoms with E-state index in [9.17, 15) is 5.11 Å². The summed E-state index contributed by atoms with van der Waals surface area (Å²) in [5.41, 5.74) is 3.05. The van der Waals surface area contributed by atoms with Crippen LogP contribution >= 0.6 is 0 Å². The van der Waals surface area contributed by atoms with Gasteiger partial charge in [0.1, 0.15) is 5.75 Å². The van der Waals surface area contributed by atoms with Crippen LogP contribution in [0.4, 0.5) is 5.95 Å². The number of nitrogens with one attached hydrogen (secondary N) is 1. The maximum absolute atomic E-state index is 9.93. The van der Waals surface area contributed by atoms with E-state index in [1.54, 1.807) is 6.07 Å². The Morgan fingerprint density at radius 3 is 2.62 bits per heavy atom. The maximum atomic E-state index is 9.93. The number of fused-ring (bicyclic) bond motifs is 1. The van der Waals surface area contributed by atoms with Gasteiger partial charge in [-0.1, -0.05) is 56.5 Å². The number of rotatable bonds is 8.